The average Bonchev–Trinajstić information content (AvgIpc) is 2.29. The summed E-state index contributed by atoms with van der Waals surface area (Å²) < 4.78 is 0. The zero-order valence-electron chi connectivity index (χ0n) is 9.13. The van der Waals surface area contributed by atoms with Gasteiger partial charge in [-0.15, -0.1) is 0 Å². The van der Waals surface area contributed by atoms with E-state index in [0.717, 1.165) is 5.56 Å². The maximum absolute atomic E-state index is 3.80. The summed E-state index contributed by atoms with van der Waals surface area (Å²) in [4.78, 5) is 0. The van der Waals surface area contributed by atoms with Gasteiger partial charge in [-0.25, -0.2) is 0 Å². The molecule has 5 heteroatoms. The van der Waals surface area contributed by atoms with Gasteiger partial charge >= 0.3 is 19.5 Å². The van der Waals surface area contributed by atoms with E-state index in [1.807, 2.05) is 30.3 Å². The standard InChI is InChI=1S/C12H10N2.2ClH.Zn/c1-2-4-11(5-3-1)6-7-12-8-9-13-14-10-12;;;/h1-10H;2*1H;/q;;;+2/p-2. The Labute approximate surface area is 126 Å². The monoisotopic (exact) mass is 316 g/mol. The van der Waals surface area contributed by atoms with Crippen LogP contribution in [-0.2, 0) is 19.5 Å². The maximum atomic E-state index is 3.80. The summed E-state index contributed by atoms with van der Waals surface area (Å²) in [6.45, 7) is 0. The second kappa shape index (κ2) is 10.4. The minimum absolute atomic E-state index is 0. The second-order valence-electron chi connectivity index (χ2n) is 2.92. The van der Waals surface area contributed by atoms with Gasteiger partial charge < -0.3 is 24.8 Å². The molecule has 0 N–H and O–H groups in total. The SMILES string of the molecule is C(=Cc1ccnnc1)c1ccccc1.[Cl-].[Cl-].[Zn+2]. The Morgan fingerprint density at radius 3 is 2.00 bits per heavy atom. The van der Waals surface area contributed by atoms with Crippen LogP contribution in [0, 0.1) is 0 Å². The predicted molar refractivity (Wildman–Crippen MR) is 57.4 cm³/mol. The summed E-state index contributed by atoms with van der Waals surface area (Å²) in [6, 6.07) is 12.1. The van der Waals surface area contributed by atoms with Crippen LogP contribution < -0.4 is 24.8 Å². The molecule has 0 saturated carbocycles. The van der Waals surface area contributed by atoms with Crippen molar-refractivity contribution in [2.24, 2.45) is 0 Å². The summed E-state index contributed by atoms with van der Waals surface area (Å²) in [5, 5.41) is 7.51. The molecule has 0 fully saturated rings. The zero-order valence-corrected chi connectivity index (χ0v) is 13.6. The molecule has 0 unspecified atom stereocenters. The molecule has 0 atom stereocenters. The number of hydrogen-bond acceptors (Lipinski definition) is 2. The van der Waals surface area contributed by atoms with E-state index in [4.69, 9.17) is 0 Å². The van der Waals surface area contributed by atoms with E-state index in [1.165, 1.54) is 5.56 Å². The number of halogens is 2. The van der Waals surface area contributed by atoms with Gasteiger partial charge in [-0.2, -0.15) is 10.2 Å². The third kappa shape index (κ3) is 6.52. The largest absolute Gasteiger partial charge is 2.00 e. The fraction of sp³-hybridized carbons (Fsp3) is 0. The molecule has 0 spiro atoms. The molecule has 84 valence electrons. The van der Waals surface area contributed by atoms with Gasteiger partial charge in [0.25, 0.3) is 0 Å². The van der Waals surface area contributed by atoms with Crippen LogP contribution in [0.1, 0.15) is 11.1 Å². The zero-order chi connectivity index (χ0) is 9.64. The maximum Gasteiger partial charge on any atom is 2.00 e. The fourth-order valence-electron chi connectivity index (χ4n) is 1.16. The van der Waals surface area contributed by atoms with Crippen molar-refractivity contribution in [2.75, 3.05) is 0 Å². The molecule has 0 radical (unpaired) electrons. The van der Waals surface area contributed by atoms with Crippen LogP contribution in [0.3, 0.4) is 0 Å². The Balaban J connectivity index is 0. The molecule has 2 nitrogen and oxygen atoms in total. The fourth-order valence-corrected chi connectivity index (χ4v) is 1.16. The van der Waals surface area contributed by atoms with Gasteiger partial charge in [0.15, 0.2) is 0 Å². The summed E-state index contributed by atoms with van der Waals surface area (Å²) >= 11 is 0. The Hall–Kier alpha value is -0.757. The molecule has 0 aliphatic carbocycles. The Bertz CT molecular complexity index is 380. The molecular weight excluding hydrogens is 308 g/mol. The van der Waals surface area contributed by atoms with E-state index in [0.29, 0.717) is 0 Å². The van der Waals surface area contributed by atoms with E-state index >= 15 is 0 Å². The van der Waals surface area contributed by atoms with Crippen molar-refractivity contribution in [2.45, 2.75) is 0 Å². The van der Waals surface area contributed by atoms with Crippen LogP contribution in [0.25, 0.3) is 12.2 Å². The quantitative estimate of drug-likeness (QED) is 0.541. The van der Waals surface area contributed by atoms with Gasteiger partial charge in [-0.05, 0) is 17.2 Å². The van der Waals surface area contributed by atoms with Crippen molar-refractivity contribution < 1.29 is 44.3 Å². The molecule has 2 aromatic rings. The Morgan fingerprint density at radius 2 is 1.41 bits per heavy atom. The predicted octanol–water partition coefficient (Wildman–Crippen LogP) is -3.35. The van der Waals surface area contributed by atoms with Crippen LogP contribution >= 0.6 is 0 Å². The number of nitrogens with zero attached hydrogens (tertiary/aromatic N) is 2. The van der Waals surface area contributed by atoms with Crippen molar-refractivity contribution in [3.05, 3.63) is 59.9 Å². The topological polar surface area (TPSA) is 25.8 Å². The van der Waals surface area contributed by atoms with Crippen molar-refractivity contribution in [3.63, 3.8) is 0 Å². The van der Waals surface area contributed by atoms with Crippen LogP contribution in [0.4, 0.5) is 0 Å². The van der Waals surface area contributed by atoms with Crippen molar-refractivity contribution in [3.8, 4) is 0 Å². The first-order valence-corrected chi connectivity index (χ1v) is 4.45. The van der Waals surface area contributed by atoms with Crippen LogP contribution in [0.15, 0.2) is 48.8 Å². The van der Waals surface area contributed by atoms with Crippen molar-refractivity contribution >= 4 is 12.2 Å². The van der Waals surface area contributed by atoms with Gasteiger partial charge in [0, 0.05) is 0 Å². The van der Waals surface area contributed by atoms with Gasteiger partial charge in [0.05, 0.1) is 12.4 Å². The second-order valence-corrected chi connectivity index (χ2v) is 2.92. The molecule has 0 saturated heterocycles. The van der Waals surface area contributed by atoms with Crippen LogP contribution in [-0.4, -0.2) is 10.2 Å². The third-order valence-electron chi connectivity index (χ3n) is 1.87. The van der Waals surface area contributed by atoms with Gasteiger partial charge in [-0.3, -0.25) is 0 Å². The van der Waals surface area contributed by atoms with Crippen LogP contribution in [0.2, 0.25) is 0 Å². The van der Waals surface area contributed by atoms with Crippen LogP contribution in [0.5, 0.6) is 0 Å². The number of hydrogen-bond donors (Lipinski definition) is 0. The third-order valence-corrected chi connectivity index (χ3v) is 1.87. The summed E-state index contributed by atoms with van der Waals surface area (Å²) in [6.07, 6.45) is 7.49. The number of rotatable bonds is 2. The first kappa shape index (κ1) is 18.6. The van der Waals surface area contributed by atoms with Crippen molar-refractivity contribution in [1.82, 2.24) is 10.2 Å². The van der Waals surface area contributed by atoms with E-state index in [1.54, 1.807) is 12.4 Å². The molecule has 2 rings (SSSR count). The minimum atomic E-state index is 0. The van der Waals surface area contributed by atoms with E-state index in [9.17, 15) is 0 Å². The van der Waals surface area contributed by atoms with Gasteiger partial charge in [-0.1, -0.05) is 42.5 Å². The minimum Gasteiger partial charge on any atom is -1.00 e. The number of aromatic nitrogens is 2. The van der Waals surface area contributed by atoms with Gasteiger partial charge in [0.2, 0.25) is 0 Å². The molecule has 0 amide bonds. The number of benzene rings is 1. The first-order chi connectivity index (χ1) is 6.95. The van der Waals surface area contributed by atoms with E-state index in [2.05, 4.69) is 28.4 Å². The summed E-state index contributed by atoms with van der Waals surface area (Å²) in [5.41, 5.74) is 2.24. The molecule has 1 heterocycles. The average molecular weight is 319 g/mol. The van der Waals surface area contributed by atoms with E-state index < -0.39 is 0 Å². The van der Waals surface area contributed by atoms with Gasteiger partial charge in [0.1, 0.15) is 0 Å². The normalized spacial score (nSPS) is 8.71. The Kier molecular flexibility index (Phi) is 11.4. The molecule has 0 aliphatic heterocycles. The summed E-state index contributed by atoms with van der Waals surface area (Å²) in [5.74, 6) is 0. The molecular formula is C12H10Cl2N2Zn. The smallest absolute Gasteiger partial charge is 1.00 e. The molecule has 0 bridgehead atoms. The Morgan fingerprint density at radius 1 is 0.765 bits per heavy atom. The summed E-state index contributed by atoms with van der Waals surface area (Å²) in [7, 11) is 0. The molecule has 1 aromatic carbocycles. The van der Waals surface area contributed by atoms with E-state index in [-0.39, 0.29) is 44.3 Å². The molecule has 17 heavy (non-hydrogen) atoms. The molecule has 0 aliphatic rings. The molecule has 1 aromatic heterocycles. The van der Waals surface area contributed by atoms with Crippen molar-refractivity contribution in [1.29, 1.82) is 0 Å². The first-order valence-electron chi connectivity index (χ1n) is 4.45.